The van der Waals surface area contributed by atoms with Crippen LogP contribution in [0, 0.1) is 11.3 Å². The number of hydrogen-bond donors (Lipinski definition) is 1. The first kappa shape index (κ1) is 14.4. The van der Waals surface area contributed by atoms with Crippen molar-refractivity contribution in [1.29, 1.82) is 0 Å². The van der Waals surface area contributed by atoms with Gasteiger partial charge in [0.25, 0.3) is 0 Å². The fourth-order valence-corrected chi connectivity index (χ4v) is 2.93. The van der Waals surface area contributed by atoms with Crippen molar-refractivity contribution in [2.45, 2.75) is 39.5 Å². The third-order valence-corrected chi connectivity index (χ3v) is 4.26. The van der Waals surface area contributed by atoms with Gasteiger partial charge in [0.05, 0.1) is 7.11 Å². The minimum atomic E-state index is 0.390. The van der Waals surface area contributed by atoms with Crippen LogP contribution in [0.2, 0.25) is 0 Å². The van der Waals surface area contributed by atoms with Gasteiger partial charge in [0, 0.05) is 6.54 Å². The average Bonchev–Trinajstić information content (AvgIpc) is 3.24. The molecule has 1 saturated carbocycles. The van der Waals surface area contributed by atoms with Crippen molar-refractivity contribution >= 4 is 0 Å². The molecule has 1 aromatic rings. The molecule has 1 N–H and O–H groups in total. The molecule has 1 unspecified atom stereocenters. The lowest BCUT2D eigenvalue weighted by Crippen LogP contribution is -2.36. The standard InChI is InChI=1S/C17H27NO/c1-4-10-18-13-17(2,15-8-9-15)12-14-6-5-7-16(11-14)19-3/h5-7,11,15,18H,4,8-10,12-13H2,1-3H3. The molecule has 2 nitrogen and oxygen atoms in total. The van der Waals surface area contributed by atoms with Crippen LogP contribution < -0.4 is 10.1 Å². The Morgan fingerprint density at radius 3 is 2.79 bits per heavy atom. The Bertz CT molecular complexity index is 400. The molecule has 106 valence electrons. The first-order chi connectivity index (χ1) is 9.18. The lowest BCUT2D eigenvalue weighted by molar-refractivity contribution is 0.256. The Kier molecular flexibility index (Phi) is 4.87. The molecule has 1 fully saturated rings. The monoisotopic (exact) mass is 261 g/mol. The highest BCUT2D eigenvalue weighted by Gasteiger charge is 2.40. The second-order valence-electron chi connectivity index (χ2n) is 6.13. The number of nitrogens with one attached hydrogen (secondary N) is 1. The van der Waals surface area contributed by atoms with Gasteiger partial charge in [0.2, 0.25) is 0 Å². The van der Waals surface area contributed by atoms with E-state index in [2.05, 4.69) is 37.4 Å². The van der Waals surface area contributed by atoms with E-state index in [0.717, 1.165) is 31.2 Å². The highest BCUT2D eigenvalue weighted by Crippen LogP contribution is 2.47. The molecule has 0 aromatic heterocycles. The van der Waals surface area contributed by atoms with E-state index in [1.165, 1.54) is 24.8 Å². The summed E-state index contributed by atoms with van der Waals surface area (Å²) in [5, 5.41) is 3.61. The molecule has 0 saturated heterocycles. The van der Waals surface area contributed by atoms with E-state index in [-0.39, 0.29) is 0 Å². The second-order valence-corrected chi connectivity index (χ2v) is 6.13. The Morgan fingerprint density at radius 1 is 1.37 bits per heavy atom. The molecule has 0 spiro atoms. The van der Waals surface area contributed by atoms with Gasteiger partial charge in [-0.05, 0) is 61.3 Å². The van der Waals surface area contributed by atoms with Crippen molar-refractivity contribution in [3.8, 4) is 5.75 Å². The van der Waals surface area contributed by atoms with Gasteiger partial charge in [0.1, 0.15) is 5.75 Å². The van der Waals surface area contributed by atoms with Gasteiger partial charge >= 0.3 is 0 Å². The van der Waals surface area contributed by atoms with Crippen LogP contribution >= 0.6 is 0 Å². The average molecular weight is 261 g/mol. The predicted molar refractivity (Wildman–Crippen MR) is 80.7 cm³/mol. The maximum absolute atomic E-state index is 5.33. The number of ether oxygens (including phenoxy) is 1. The van der Waals surface area contributed by atoms with Crippen LogP contribution in [0.3, 0.4) is 0 Å². The molecule has 1 aromatic carbocycles. The van der Waals surface area contributed by atoms with E-state index in [0.29, 0.717) is 5.41 Å². The third kappa shape index (κ3) is 3.97. The number of hydrogen-bond acceptors (Lipinski definition) is 2. The molecule has 0 bridgehead atoms. The number of methoxy groups -OCH3 is 1. The predicted octanol–water partition coefficient (Wildman–Crippen LogP) is 3.65. The zero-order chi connectivity index (χ0) is 13.7. The zero-order valence-electron chi connectivity index (χ0n) is 12.5. The van der Waals surface area contributed by atoms with Crippen molar-refractivity contribution in [1.82, 2.24) is 5.32 Å². The fourth-order valence-electron chi connectivity index (χ4n) is 2.93. The molecule has 0 amide bonds. The minimum Gasteiger partial charge on any atom is -0.497 e. The Hall–Kier alpha value is -1.02. The van der Waals surface area contributed by atoms with Crippen LogP contribution in [0.25, 0.3) is 0 Å². The van der Waals surface area contributed by atoms with Crippen LogP contribution in [0.15, 0.2) is 24.3 Å². The lowest BCUT2D eigenvalue weighted by atomic mass is 9.79. The normalized spacial score (nSPS) is 18.1. The first-order valence-electron chi connectivity index (χ1n) is 7.51. The van der Waals surface area contributed by atoms with Gasteiger partial charge in [0.15, 0.2) is 0 Å². The third-order valence-electron chi connectivity index (χ3n) is 4.26. The number of benzene rings is 1. The maximum Gasteiger partial charge on any atom is 0.119 e. The van der Waals surface area contributed by atoms with E-state index >= 15 is 0 Å². The highest BCUT2D eigenvalue weighted by atomic mass is 16.5. The van der Waals surface area contributed by atoms with Crippen LogP contribution in [-0.2, 0) is 6.42 Å². The Morgan fingerprint density at radius 2 is 2.16 bits per heavy atom. The summed E-state index contributed by atoms with van der Waals surface area (Å²) >= 11 is 0. The summed E-state index contributed by atoms with van der Waals surface area (Å²) in [6.45, 7) is 6.92. The van der Waals surface area contributed by atoms with Crippen LogP contribution in [0.5, 0.6) is 5.75 Å². The van der Waals surface area contributed by atoms with Gasteiger partial charge in [-0.3, -0.25) is 0 Å². The molecule has 1 aliphatic rings. The van der Waals surface area contributed by atoms with Crippen molar-refractivity contribution in [2.24, 2.45) is 11.3 Å². The van der Waals surface area contributed by atoms with Crippen LogP contribution in [0.1, 0.15) is 38.7 Å². The van der Waals surface area contributed by atoms with Gasteiger partial charge in [-0.25, -0.2) is 0 Å². The van der Waals surface area contributed by atoms with Crippen molar-refractivity contribution < 1.29 is 4.74 Å². The van der Waals surface area contributed by atoms with Gasteiger partial charge < -0.3 is 10.1 Å². The van der Waals surface area contributed by atoms with Gasteiger partial charge in [-0.1, -0.05) is 26.0 Å². The molecule has 2 heteroatoms. The topological polar surface area (TPSA) is 21.3 Å². The Labute approximate surface area is 117 Å². The SMILES string of the molecule is CCCNCC(C)(Cc1cccc(OC)c1)C1CC1. The largest absolute Gasteiger partial charge is 0.497 e. The second kappa shape index (κ2) is 6.42. The molecule has 0 heterocycles. The summed E-state index contributed by atoms with van der Waals surface area (Å²) in [6, 6.07) is 8.53. The molecule has 0 aliphatic heterocycles. The van der Waals surface area contributed by atoms with Crippen LogP contribution in [-0.4, -0.2) is 20.2 Å². The first-order valence-corrected chi connectivity index (χ1v) is 7.51. The fraction of sp³-hybridized carbons (Fsp3) is 0.647. The van der Waals surface area contributed by atoms with Crippen molar-refractivity contribution in [3.63, 3.8) is 0 Å². The summed E-state index contributed by atoms with van der Waals surface area (Å²) in [7, 11) is 1.74. The zero-order valence-corrected chi connectivity index (χ0v) is 12.5. The molecular weight excluding hydrogens is 234 g/mol. The van der Waals surface area contributed by atoms with E-state index < -0.39 is 0 Å². The number of rotatable bonds is 8. The Balaban J connectivity index is 2.02. The highest BCUT2D eigenvalue weighted by molar-refractivity contribution is 5.29. The minimum absolute atomic E-state index is 0.390. The van der Waals surface area contributed by atoms with E-state index in [1.807, 2.05) is 6.07 Å². The smallest absolute Gasteiger partial charge is 0.119 e. The lowest BCUT2D eigenvalue weighted by Gasteiger charge is -2.30. The van der Waals surface area contributed by atoms with Gasteiger partial charge in [-0.15, -0.1) is 0 Å². The summed E-state index contributed by atoms with van der Waals surface area (Å²) in [4.78, 5) is 0. The molecule has 1 atom stereocenters. The van der Waals surface area contributed by atoms with Crippen LogP contribution in [0.4, 0.5) is 0 Å². The molecule has 2 rings (SSSR count). The summed E-state index contributed by atoms with van der Waals surface area (Å²) in [5.74, 6) is 1.86. The quantitative estimate of drug-likeness (QED) is 0.721. The van der Waals surface area contributed by atoms with E-state index in [1.54, 1.807) is 7.11 Å². The molecular formula is C17H27NO. The van der Waals surface area contributed by atoms with Crippen molar-refractivity contribution in [2.75, 3.05) is 20.2 Å². The molecule has 0 radical (unpaired) electrons. The summed E-state index contributed by atoms with van der Waals surface area (Å²) < 4.78 is 5.33. The van der Waals surface area contributed by atoms with E-state index in [9.17, 15) is 0 Å². The van der Waals surface area contributed by atoms with Crippen molar-refractivity contribution in [3.05, 3.63) is 29.8 Å². The maximum atomic E-state index is 5.33. The summed E-state index contributed by atoms with van der Waals surface area (Å²) in [6.07, 6.45) is 5.15. The van der Waals surface area contributed by atoms with E-state index in [4.69, 9.17) is 4.74 Å². The molecule has 1 aliphatic carbocycles. The molecule has 19 heavy (non-hydrogen) atoms. The summed E-state index contributed by atoms with van der Waals surface area (Å²) in [5.41, 5.74) is 1.79. The van der Waals surface area contributed by atoms with Gasteiger partial charge in [-0.2, -0.15) is 0 Å².